The van der Waals surface area contributed by atoms with Gasteiger partial charge in [0, 0.05) is 38.8 Å². The van der Waals surface area contributed by atoms with E-state index in [1.165, 1.54) is 36.1 Å². The number of hydrogen-bond acceptors (Lipinski definition) is 20. The molecule has 0 radical (unpaired) electrons. The minimum absolute atomic E-state index is 0.0113. The molecule has 1 aromatic carbocycles. The molecule has 0 saturated carbocycles. The van der Waals surface area contributed by atoms with Crippen LogP contribution >= 0.6 is 0 Å². The molecule has 2 aliphatic rings. The van der Waals surface area contributed by atoms with Gasteiger partial charge in [0.05, 0.1) is 25.7 Å². The molecule has 0 unspecified atom stereocenters. The molecule has 0 aromatic heterocycles. The molecule has 2 saturated heterocycles. The number of nitrogens with two attached hydrogens (primary N) is 2. The number of aliphatic carboxylic acids is 3. The molecule has 20 N–H and O–H groups in total. The first kappa shape index (κ1) is 87.1. The number of carbonyl (C=O) groups excluding carboxylic acids is 14. The predicted octanol–water partition coefficient (Wildman–Crippen LogP) is -4.66. The van der Waals surface area contributed by atoms with Crippen molar-refractivity contribution in [2.24, 2.45) is 35.1 Å². The van der Waals surface area contributed by atoms with Crippen LogP contribution in [0.1, 0.15) is 145 Å². The number of hydrogen-bond donors (Lipinski definition) is 18. The zero-order chi connectivity index (χ0) is 77.7. The van der Waals surface area contributed by atoms with Gasteiger partial charge in [0.15, 0.2) is 0 Å². The number of phenolic OH excluding ortho intramolecular Hbond substituents is 1. The summed E-state index contributed by atoms with van der Waals surface area (Å²) in [5.74, 6) is -18.5. The molecule has 2 aliphatic heterocycles. The summed E-state index contributed by atoms with van der Waals surface area (Å²) in [4.78, 5) is 227. The minimum Gasteiger partial charge on any atom is -0.508 e. The topological polar surface area (TPSA) is 582 Å². The molecule has 2 fully saturated rings. The number of benzene rings is 1. The maximum atomic E-state index is 14.0. The summed E-state index contributed by atoms with van der Waals surface area (Å²) < 4.78 is 0. The van der Waals surface area contributed by atoms with Crippen molar-refractivity contribution < 1.29 is 107 Å². The van der Waals surface area contributed by atoms with E-state index in [0.717, 1.165) is 4.90 Å². The smallest absolute Gasteiger partial charge is 0.326 e. The largest absolute Gasteiger partial charge is 0.508 e. The highest BCUT2D eigenvalue weighted by atomic mass is 16.4. The normalized spacial score (nSPS) is 17.1. The maximum Gasteiger partial charge on any atom is 0.326 e. The highest BCUT2D eigenvalue weighted by Crippen LogP contribution is 2.22. The summed E-state index contributed by atoms with van der Waals surface area (Å²) in [7, 11) is 0. The van der Waals surface area contributed by atoms with E-state index in [-0.39, 0.29) is 55.7 Å². The van der Waals surface area contributed by atoms with E-state index in [9.17, 15) is 107 Å². The predicted molar refractivity (Wildman–Crippen MR) is 364 cm³/mol. The van der Waals surface area contributed by atoms with Gasteiger partial charge < -0.3 is 105 Å². The highest BCUT2D eigenvalue weighted by Gasteiger charge is 2.41. The van der Waals surface area contributed by atoms with E-state index < -0.39 is 237 Å². The van der Waals surface area contributed by atoms with Crippen LogP contribution < -0.4 is 70.0 Å². The Morgan fingerprint density at radius 1 is 0.476 bits per heavy atom. The van der Waals surface area contributed by atoms with Gasteiger partial charge in [-0.25, -0.2) is 4.79 Å². The van der Waals surface area contributed by atoms with Gasteiger partial charge in [0.2, 0.25) is 82.7 Å². The molecule has 37 heteroatoms. The number of rotatable bonds is 43. The first-order valence-corrected chi connectivity index (χ1v) is 34.2. The lowest BCUT2D eigenvalue weighted by Crippen LogP contribution is -2.60. The molecule has 574 valence electrons. The van der Waals surface area contributed by atoms with Crippen molar-refractivity contribution >= 4 is 101 Å². The van der Waals surface area contributed by atoms with Crippen molar-refractivity contribution in [1.29, 1.82) is 0 Å². The molecule has 103 heavy (non-hydrogen) atoms. The van der Waals surface area contributed by atoms with Crippen LogP contribution in [0.4, 0.5) is 0 Å². The van der Waals surface area contributed by atoms with Crippen LogP contribution in [0.15, 0.2) is 24.3 Å². The number of carboxylic acid groups (broad SMARTS) is 3. The third kappa shape index (κ3) is 29.4. The van der Waals surface area contributed by atoms with Crippen LogP contribution in [0.5, 0.6) is 5.75 Å². The number of aliphatic hydroxyl groups excluding tert-OH is 1. The lowest BCUT2D eigenvalue weighted by molar-refractivity contribution is -0.143. The quantitative estimate of drug-likeness (QED) is 0.0292. The van der Waals surface area contributed by atoms with Gasteiger partial charge in [-0.2, -0.15) is 0 Å². The first-order chi connectivity index (χ1) is 48.2. The van der Waals surface area contributed by atoms with E-state index in [2.05, 4.69) is 58.5 Å². The summed E-state index contributed by atoms with van der Waals surface area (Å²) in [6, 6.07) is -11.4. The Morgan fingerprint density at radius 2 is 0.903 bits per heavy atom. The highest BCUT2D eigenvalue weighted by molar-refractivity contribution is 6.00. The fraction of sp³-hybridized carbons (Fsp3) is 0.652. The Hall–Kier alpha value is -10.1. The molecule has 0 bridgehead atoms. The van der Waals surface area contributed by atoms with Gasteiger partial charge in [0.25, 0.3) is 0 Å². The fourth-order valence-corrected chi connectivity index (χ4v) is 11.3. The van der Waals surface area contributed by atoms with Gasteiger partial charge in [-0.05, 0) is 106 Å². The van der Waals surface area contributed by atoms with Gasteiger partial charge in [-0.3, -0.25) is 76.7 Å². The molecule has 37 nitrogen and oxygen atoms in total. The Labute approximate surface area is 595 Å². The Bertz CT molecular complexity index is 3200. The molecule has 0 spiro atoms. The monoisotopic (exact) mass is 1460 g/mol. The molecule has 2 heterocycles. The van der Waals surface area contributed by atoms with Gasteiger partial charge in [-0.1, -0.05) is 67.5 Å². The summed E-state index contributed by atoms with van der Waals surface area (Å²) in [5.41, 5.74) is 11.8. The summed E-state index contributed by atoms with van der Waals surface area (Å²) in [5, 5.41) is 75.4. The third-order valence-electron chi connectivity index (χ3n) is 16.8. The number of likely N-dealkylation sites (tertiary alicyclic amines) is 2. The van der Waals surface area contributed by atoms with Crippen molar-refractivity contribution in [2.45, 2.75) is 218 Å². The molecule has 1 aromatic rings. The van der Waals surface area contributed by atoms with Gasteiger partial charge in [0.1, 0.15) is 72.2 Å². The number of primary amides is 1. The number of nitrogens with one attached hydrogen (secondary N) is 11. The Morgan fingerprint density at radius 3 is 1.38 bits per heavy atom. The number of nitrogens with zero attached hydrogens (tertiary/aromatic N) is 2. The van der Waals surface area contributed by atoms with Crippen LogP contribution in [0, 0.1) is 23.7 Å². The zero-order valence-corrected chi connectivity index (χ0v) is 59.5. The van der Waals surface area contributed by atoms with Crippen LogP contribution in [0.2, 0.25) is 0 Å². The van der Waals surface area contributed by atoms with E-state index >= 15 is 0 Å². The maximum absolute atomic E-state index is 14.0. The fourth-order valence-electron chi connectivity index (χ4n) is 11.3. The number of aliphatic hydroxyl groups is 1. The molecule has 14 amide bonds. The molecule has 3 rings (SSSR count). The standard InChI is InChI=1S/C66H103N15O22/c1-32(2)26-39(67)64(100)80-24-11-13-47(80)61(97)71-36(9)55(91)78-54(35(7)8)63(99)79-53(34(5)6)62(98)70-30-50(86)73-43(27-33(3)4)59(95)77-45(31-82)65(101)81-25-10-12-46(81)60(96)69-29-49(85)72-40(19-22-51(87)88)56(92)74-41(18-21-48(68)84)57(93)75-42(20-23-52(89)90)58(94)76-44(66(102)103)28-37-14-16-38(83)17-15-37/h14-17,32-36,39-47,53-54,82-83H,10-13,18-31,67H2,1-9H3,(H2,68,84)(H,69,96)(H,70,98)(H,71,97)(H,72,85)(H,73,86)(H,74,92)(H,75,93)(H,76,94)(H,77,95)(H,78,91)(H,79,99)(H,87,88)(H,89,90)(H,102,103)/t36-,39-,40-,41-,42-,43-,44-,45-,46-,47-,53-,54-/m0/s1. The number of carbonyl (C=O) groups is 17. The Kier molecular flexibility index (Phi) is 35.9. The second-order valence-electron chi connectivity index (χ2n) is 27.1. The second kappa shape index (κ2) is 42.4. The summed E-state index contributed by atoms with van der Waals surface area (Å²) in [6.45, 7) is 12.8. The second-order valence-corrected chi connectivity index (χ2v) is 27.1. The van der Waals surface area contributed by atoms with Crippen molar-refractivity contribution in [2.75, 3.05) is 32.8 Å². The lowest BCUT2D eigenvalue weighted by Gasteiger charge is -2.29. The number of amides is 14. The van der Waals surface area contributed by atoms with Crippen LogP contribution in [0.25, 0.3) is 0 Å². The van der Waals surface area contributed by atoms with Crippen molar-refractivity contribution in [3.63, 3.8) is 0 Å². The number of phenols is 1. The molecule has 0 aliphatic carbocycles. The van der Waals surface area contributed by atoms with Gasteiger partial charge >= 0.3 is 17.9 Å². The average Bonchev–Trinajstić information content (AvgIpc) is 1.75. The molecular formula is C66H103N15O22. The van der Waals surface area contributed by atoms with Gasteiger partial charge in [-0.15, -0.1) is 0 Å². The van der Waals surface area contributed by atoms with E-state index in [0.29, 0.717) is 31.4 Å². The first-order valence-electron chi connectivity index (χ1n) is 34.2. The van der Waals surface area contributed by atoms with E-state index in [1.54, 1.807) is 41.5 Å². The zero-order valence-electron chi connectivity index (χ0n) is 59.5. The van der Waals surface area contributed by atoms with Crippen LogP contribution in [0.3, 0.4) is 0 Å². The summed E-state index contributed by atoms with van der Waals surface area (Å²) in [6.07, 6.45) is -2.71. The lowest BCUT2D eigenvalue weighted by atomic mass is 9.99. The van der Waals surface area contributed by atoms with Crippen LogP contribution in [-0.2, 0) is 87.9 Å². The van der Waals surface area contributed by atoms with Crippen LogP contribution in [-0.4, -0.2) is 241 Å². The minimum atomic E-state index is -1.80. The third-order valence-corrected chi connectivity index (χ3v) is 16.8. The molecule has 12 atom stereocenters. The SMILES string of the molecule is CC(C)C[C@H](NC(=O)CNC(=O)[C@@H](NC(=O)[C@@H](NC(=O)[C@H](C)NC(=O)[C@@H]1CCCN1C(=O)[C@@H](N)CC(C)C)C(C)C)C(C)C)C(=O)N[C@@H](CO)C(=O)N1CCC[C@H]1C(=O)NCC(=O)N[C@@H](CCC(=O)O)C(=O)N[C@@H](CCC(N)=O)C(=O)N[C@@H](CCC(=O)O)C(=O)N[C@@H](Cc1ccc(O)cc1)C(=O)O. The number of carboxylic acids is 3. The molecular weight excluding hydrogens is 1350 g/mol. The number of aromatic hydroxyl groups is 1. The van der Waals surface area contributed by atoms with Crippen molar-refractivity contribution in [3.8, 4) is 5.75 Å². The average molecular weight is 1460 g/mol. The van der Waals surface area contributed by atoms with E-state index in [1.807, 2.05) is 13.8 Å². The Balaban J connectivity index is 1.66. The summed E-state index contributed by atoms with van der Waals surface area (Å²) >= 11 is 0. The van der Waals surface area contributed by atoms with Crippen molar-refractivity contribution in [1.82, 2.24) is 68.3 Å². The van der Waals surface area contributed by atoms with E-state index in [4.69, 9.17) is 11.5 Å². The van der Waals surface area contributed by atoms with Crippen molar-refractivity contribution in [3.05, 3.63) is 29.8 Å².